The Kier molecular flexibility index (Phi) is 6.90. The third-order valence-electron chi connectivity index (χ3n) is 5.23. The number of nitrogens with zero attached hydrogens (tertiary/aromatic N) is 1. The molecule has 0 radical (unpaired) electrons. The molecular formula is C22H34N2O3. The molecule has 1 atom stereocenters. The van der Waals surface area contributed by atoms with Crippen molar-refractivity contribution in [3.8, 4) is 5.75 Å². The summed E-state index contributed by atoms with van der Waals surface area (Å²) >= 11 is 0. The molecular weight excluding hydrogens is 340 g/mol. The van der Waals surface area contributed by atoms with Gasteiger partial charge in [-0.25, -0.2) is 0 Å². The van der Waals surface area contributed by atoms with Crippen molar-refractivity contribution in [1.29, 1.82) is 0 Å². The molecule has 5 nitrogen and oxygen atoms in total. The van der Waals surface area contributed by atoms with Gasteiger partial charge in [0.1, 0.15) is 5.75 Å². The summed E-state index contributed by atoms with van der Waals surface area (Å²) in [6.45, 7) is 11.4. The lowest BCUT2D eigenvalue weighted by atomic mass is 9.89. The summed E-state index contributed by atoms with van der Waals surface area (Å²) in [7, 11) is 1.65. The highest BCUT2D eigenvalue weighted by molar-refractivity contribution is 5.83. The maximum atomic E-state index is 12.8. The Morgan fingerprint density at radius 3 is 2.11 bits per heavy atom. The van der Waals surface area contributed by atoms with Crippen molar-refractivity contribution in [2.24, 2.45) is 17.3 Å². The molecule has 0 aromatic heterocycles. The minimum atomic E-state index is -0.369. The zero-order valence-electron chi connectivity index (χ0n) is 17.5. The van der Waals surface area contributed by atoms with Gasteiger partial charge in [0.15, 0.2) is 0 Å². The van der Waals surface area contributed by atoms with Gasteiger partial charge in [-0.1, -0.05) is 46.8 Å². The van der Waals surface area contributed by atoms with E-state index in [9.17, 15) is 9.59 Å². The summed E-state index contributed by atoms with van der Waals surface area (Å²) in [5.74, 6) is 1.31. The number of methoxy groups -OCH3 is 1. The maximum absolute atomic E-state index is 12.8. The Balaban J connectivity index is 1.97. The van der Waals surface area contributed by atoms with Crippen LogP contribution in [-0.4, -0.2) is 36.9 Å². The predicted molar refractivity (Wildman–Crippen MR) is 107 cm³/mol. The summed E-state index contributed by atoms with van der Waals surface area (Å²) in [4.78, 5) is 27.2. The monoisotopic (exact) mass is 374 g/mol. The number of rotatable bonds is 5. The highest BCUT2D eigenvalue weighted by atomic mass is 16.5. The lowest BCUT2D eigenvalue weighted by Crippen LogP contribution is -2.47. The lowest BCUT2D eigenvalue weighted by Gasteiger charge is -2.36. The lowest BCUT2D eigenvalue weighted by molar-refractivity contribution is -0.142. The van der Waals surface area contributed by atoms with Crippen LogP contribution in [0.5, 0.6) is 5.75 Å². The molecule has 1 aromatic carbocycles. The standard InChI is InChI=1S/C22H34N2O3/c1-15(2)19(16-7-9-18(27-6)10-8-16)23-20(25)17-11-13-24(14-12-17)21(26)22(3,4)5/h7-10,15,17,19H,11-14H2,1-6H3,(H,23,25). The van der Waals surface area contributed by atoms with Crippen LogP contribution in [0.4, 0.5) is 0 Å². The van der Waals surface area contributed by atoms with Gasteiger partial charge in [-0.15, -0.1) is 0 Å². The minimum absolute atomic E-state index is 0.0300. The minimum Gasteiger partial charge on any atom is -0.497 e. The normalized spacial score (nSPS) is 16.9. The first-order chi connectivity index (χ1) is 12.6. The highest BCUT2D eigenvalue weighted by Crippen LogP contribution is 2.27. The Labute approximate surface area is 163 Å². The molecule has 1 aromatic rings. The first kappa shape index (κ1) is 21.3. The van der Waals surface area contributed by atoms with Gasteiger partial charge < -0.3 is 15.0 Å². The molecule has 1 aliphatic heterocycles. The smallest absolute Gasteiger partial charge is 0.227 e. The fourth-order valence-corrected chi connectivity index (χ4v) is 3.54. The molecule has 0 saturated carbocycles. The number of amides is 2. The molecule has 5 heteroatoms. The number of piperidine rings is 1. The van der Waals surface area contributed by atoms with Crippen LogP contribution in [0.3, 0.4) is 0 Å². The van der Waals surface area contributed by atoms with Crippen molar-refractivity contribution < 1.29 is 14.3 Å². The first-order valence-corrected chi connectivity index (χ1v) is 9.87. The number of benzene rings is 1. The molecule has 1 heterocycles. The number of hydrogen-bond acceptors (Lipinski definition) is 3. The molecule has 0 aliphatic carbocycles. The molecule has 1 aliphatic rings. The Morgan fingerprint density at radius 1 is 1.11 bits per heavy atom. The fraction of sp³-hybridized carbons (Fsp3) is 0.636. The van der Waals surface area contributed by atoms with E-state index in [4.69, 9.17) is 4.74 Å². The zero-order valence-corrected chi connectivity index (χ0v) is 17.5. The van der Waals surface area contributed by atoms with E-state index in [-0.39, 0.29) is 35.1 Å². The summed E-state index contributed by atoms with van der Waals surface area (Å²) in [5, 5.41) is 3.23. The average molecular weight is 375 g/mol. The summed E-state index contributed by atoms with van der Waals surface area (Å²) < 4.78 is 5.22. The van der Waals surface area contributed by atoms with Crippen LogP contribution < -0.4 is 10.1 Å². The molecule has 27 heavy (non-hydrogen) atoms. The van der Waals surface area contributed by atoms with Crippen molar-refractivity contribution in [2.45, 2.75) is 53.5 Å². The van der Waals surface area contributed by atoms with E-state index in [0.717, 1.165) is 24.2 Å². The second-order valence-electron chi connectivity index (χ2n) is 8.82. The number of carbonyl (C=O) groups is 2. The van der Waals surface area contributed by atoms with Crippen LogP contribution in [0.15, 0.2) is 24.3 Å². The Bertz CT molecular complexity index is 639. The van der Waals surface area contributed by atoms with Gasteiger partial charge in [-0.2, -0.15) is 0 Å². The molecule has 2 rings (SSSR count). The van der Waals surface area contributed by atoms with Crippen molar-refractivity contribution >= 4 is 11.8 Å². The van der Waals surface area contributed by atoms with Gasteiger partial charge in [0.25, 0.3) is 0 Å². The Morgan fingerprint density at radius 2 is 1.67 bits per heavy atom. The zero-order chi connectivity index (χ0) is 20.2. The number of nitrogens with one attached hydrogen (secondary N) is 1. The van der Waals surface area contributed by atoms with E-state index in [2.05, 4.69) is 19.2 Å². The largest absolute Gasteiger partial charge is 0.497 e. The topological polar surface area (TPSA) is 58.6 Å². The van der Waals surface area contributed by atoms with Crippen LogP contribution in [-0.2, 0) is 9.59 Å². The van der Waals surface area contributed by atoms with Gasteiger partial charge in [-0.3, -0.25) is 9.59 Å². The van der Waals surface area contributed by atoms with E-state index in [0.29, 0.717) is 13.1 Å². The molecule has 0 spiro atoms. The summed E-state index contributed by atoms with van der Waals surface area (Å²) in [6, 6.07) is 7.83. The number of carbonyl (C=O) groups excluding carboxylic acids is 2. The maximum Gasteiger partial charge on any atom is 0.227 e. The fourth-order valence-electron chi connectivity index (χ4n) is 3.54. The summed E-state index contributed by atoms with van der Waals surface area (Å²) in [6.07, 6.45) is 1.45. The van der Waals surface area contributed by atoms with Gasteiger partial charge in [0.2, 0.25) is 11.8 Å². The van der Waals surface area contributed by atoms with Gasteiger partial charge in [0, 0.05) is 24.4 Å². The van der Waals surface area contributed by atoms with Crippen LogP contribution >= 0.6 is 0 Å². The predicted octanol–water partition coefficient (Wildman–Crippen LogP) is 3.79. The number of ether oxygens (including phenoxy) is 1. The van der Waals surface area contributed by atoms with E-state index in [1.54, 1.807) is 7.11 Å². The summed E-state index contributed by atoms with van der Waals surface area (Å²) in [5.41, 5.74) is 0.714. The van der Waals surface area contributed by atoms with E-state index in [1.165, 1.54) is 0 Å². The molecule has 2 amide bonds. The SMILES string of the molecule is COc1ccc(C(NC(=O)C2CCN(C(=O)C(C)(C)C)CC2)C(C)C)cc1. The van der Waals surface area contributed by atoms with E-state index < -0.39 is 0 Å². The second kappa shape index (κ2) is 8.77. The molecule has 1 saturated heterocycles. The van der Waals surface area contributed by atoms with E-state index >= 15 is 0 Å². The quantitative estimate of drug-likeness (QED) is 0.853. The molecule has 1 fully saturated rings. The molecule has 1 N–H and O–H groups in total. The van der Waals surface area contributed by atoms with Crippen LogP contribution in [0, 0.1) is 17.3 Å². The van der Waals surface area contributed by atoms with Crippen molar-refractivity contribution in [3.05, 3.63) is 29.8 Å². The molecule has 0 bridgehead atoms. The van der Waals surface area contributed by atoms with Gasteiger partial charge >= 0.3 is 0 Å². The van der Waals surface area contributed by atoms with Crippen molar-refractivity contribution in [1.82, 2.24) is 10.2 Å². The van der Waals surface area contributed by atoms with Crippen molar-refractivity contribution in [3.63, 3.8) is 0 Å². The van der Waals surface area contributed by atoms with E-state index in [1.807, 2.05) is 49.9 Å². The third kappa shape index (κ3) is 5.47. The van der Waals surface area contributed by atoms with Gasteiger partial charge in [0.05, 0.1) is 13.2 Å². The van der Waals surface area contributed by atoms with Crippen LogP contribution in [0.25, 0.3) is 0 Å². The highest BCUT2D eigenvalue weighted by Gasteiger charge is 2.33. The van der Waals surface area contributed by atoms with Crippen LogP contribution in [0.1, 0.15) is 59.1 Å². The Hall–Kier alpha value is -2.04. The van der Waals surface area contributed by atoms with Gasteiger partial charge in [-0.05, 0) is 36.5 Å². The second-order valence-corrected chi connectivity index (χ2v) is 8.82. The molecule has 1 unspecified atom stereocenters. The number of likely N-dealkylation sites (tertiary alicyclic amines) is 1. The number of hydrogen-bond donors (Lipinski definition) is 1. The first-order valence-electron chi connectivity index (χ1n) is 9.87. The molecule has 150 valence electrons. The van der Waals surface area contributed by atoms with Crippen LogP contribution in [0.2, 0.25) is 0 Å². The third-order valence-corrected chi connectivity index (χ3v) is 5.23. The average Bonchev–Trinajstić information content (AvgIpc) is 2.64. The van der Waals surface area contributed by atoms with Crippen molar-refractivity contribution in [2.75, 3.05) is 20.2 Å².